The van der Waals surface area contributed by atoms with Crippen molar-refractivity contribution < 1.29 is 4.79 Å². The van der Waals surface area contributed by atoms with E-state index >= 15 is 0 Å². The largest absolute Gasteiger partial charge is 0.355 e. The van der Waals surface area contributed by atoms with Crippen molar-refractivity contribution in [2.75, 3.05) is 24.5 Å². The molecule has 0 unspecified atom stereocenters. The van der Waals surface area contributed by atoms with Gasteiger partial charge in [-0.1, -0.05) is 56.8 Å². The SMILES string of the molecule is C=CC(=O)N1CCN(c2nc(=O)n(-c3c(C)ccnc3C(C)C)c3nc(-c4cccc5cccc(C)c45)c(C#N)cc23)[C@@H](C)C1. The third kappa shape index (κ3) is 5.02. The van der Waals surface area contributed by atoms with Gasteiger partial charge in [0, 0.05) is 37.4 Å². The van der Waals surface area contributed by atoms with Crippen molar-refractivity contribution in [1.82, 2.24) is 24.4 Å². The number of aryl methyl sites for hydroxylation is 2. The van der Waals surface area contributed by atoms with Crippen molar-refractivity contribution in [3.8, 4) is 23.0 Å². The van der Waals surface area contributed by atoms with Crippen LogP contribution in [0.2, 0.25) is 0 Å². The van der Waals surface area contributed by atoms with Crippen LogP contribution in [0.25, 0.3) is 38.8 Å². The Morgan fingerprint density at radius 2 is 1.84 bits per heavy atom. The Morgan fingerprint density at radius 1 is 1.09 bits per heavy atom. The molecular weight excluding hydrogens is 562 g/mol. The van der Waals surface area contributed by atoms with Crippen LogP contribution in [-0.4, -0.2) is 56.0 Å². The molecule has 0 spiro atoms. The van der Waals surface area contributed by atoms with Gasteiger partial charge in [0.05, 0.1) is 28.0 Å². The molecule has 0 saturated carbocycles. The first-order chi connectivity index (χ1) is 21.6. The number of anilines is 1. The maximum Gasteiger partial charge on any atom is 0.355 e. The van der Waals surface area contributed by atoms with Crippen LogP contribution in [0.1, 0.15) is 49.1 Å². The third-order valence-electron chi connectivity index (χ3n) is 8.65. The van der Waals surface area contributed by atoms with Gasteiger partial charge in [-0.25, -0.2) is 14.3 Å². The lowest BCUT2D eigenvalue weighted by Crippen LogP contribution is -2.54. The summed E-state index contributed by atoms with van der Waals surface area (Å²) in [5.41, 5.74) is 4.95. The first-order valence-electron chi connectivity index (χ1n) is 15.1. The first-order valence-corrected chi connectivity index (χ1v) is 15.1. The van der Waals surface area contributed by atoms with Crippen LogP contribution >= 0.6 is 0 Å². The number of amides is 1. The molecule has 1 aliphatic rings. The number of nitriles is 1. The van der Waals surface area contributed by atoms with E-state index in [0.29, 0.717) is 53.4 Å². The summed E-state index contributed by atoms with van der Waals surface area (Å²) < 4.78 is 1.56. The van der Waals surface area contributed by atoms with Gasteiger partial charge in [0.2, 0.25) is 5.91 Å². The molecule has 226 valence electrons. The highest BCUT2D eigenvalue weighted by molar-refractivity contribution is 6.01. The summed E-state index contributed by atoms with van der Waals surface area (Å²) in [7, 11) is 0. The van der Waals surface area contributed by atoms with Crippen LogP contribution in [0.15, 0.2) is 72.2 Å². The number of hydrogen-bond acceptors (Lipinski definition) is 7. The summed E-state index contributed by atoms with van der Waals surface area (Å²) in [6.45, 7) is 15.1. The number of nitrogens with zero attached hydrogens (tertiary/aromatic N) is 7. The van der Waals surface area contributed by atoms with Crippen molar-refractivity contribution in [3.63, 3.8) is 0 Å². The van der Waals surface area contributed by atoms with Crippen LogP contribution in [0.5, 0.6) is 0 Å². The van der Waals surface area contributed by atoms with E-state index in [1.165, 1.54) is 6.08 Å². The minimum Gasteiger partial charge on any atom is -0.350 e. The van der Waals surface area contributed by atoms with Crippen LogP contribution in [0, 0.1) is 25.2 Å². The summed E-state index contributed by atoms with van der Waals surface area (Å²) in [6.07, 6.45) is 3.07. The molecule has 0 bridgehead atoms. The summed E-state index contributed by atoms with van der Waals surface area (Å²) in [4.78, 5) is 44.9. The van der Waals surface area contributed by atoms with Crippen LogP contribution in [-0.2, 0) is 4.79 Å². The Kier molecular flexibility index (Phi) is 7.67. The number of pyridine rings is 2. The number of rotatable bonds is 5. The molecule has 6 rings (SSSR count). The third-order valence-corrected chi connectivity index (χ3v) is 8.65. The van der Waals surface area contributed by atoms with Crippen LogP contribution in [0.3, 0.4) is 0 Å². The zero-order valence-electron chi connectivity index (χ0n) is 26.2. The van der Waals surface area contributed by atoms with E-state index in [-0.39, 0.29) is 17.9 Å². The van der Waals surface area contributed by atoms with E-state index in [9.17, 15) is 14.9 Å². The Balaban J connectivity index is 1.70. The maximum atomic E-state index is 14.2. The number of piperazine rings is 1. The second-order valence-electron chi connectivity index (χ2n) is 11.9. The molecule has 0 aliphatic carbocycles. The number of aromatic nitrogens is 4. The van der Waals surface area contributed by atoms with Gasteiger partial charge in [-0.05, 0) is 66.8 Å². The van der Waals surface area contributed by atoms with E-state index in [4.69, 9.17) is 4.98 Å². The Labute approximate surface area is 262 Å². The number of carbonyl (C=O) groups excluding carboxylic acids is 1. The summed E-state index contributed by atoms with van der Waals surface area (Å²) in [6, 6.07) is 18.0. The Hall–Kier alpha value is -5.36. The molecule has 3 aromatic heterocycles. The topological polar surface area (TPSA) is 108 Å². The first kappa shape index (κ1) is 29.7. The minimum absolute atomic E-state index is 0.0237. The van der Waals surface area contributed by atoms with Crippen molar-refractivity contribution in [2.45, 2.75) is 46.6 Å². The van der Waals surface area contributed by atoms with Crippen molar-refractivity contribution in [1.29, 1.82) is 5.26 Å². The molecular formula is C36H35N7O2. The molecule has 9 heteroatoms. The van der Waals surface area contributed by atoms with Gasteiger partial charge in [-0.3, -0.25) is 9.78 Å². The standard InChI is InChI=1S/C36H35N7O2/c1-7-29(44)41-16-17-42(24(6)20-41)34-28-18-26(19-37)32(27-13-9-12-25-11-8-10-22(4)30(25)27)39-35(28)43(36(45)40-34)33-23(5)14-15-38-31(33)21(2)3/h7-15,18,21,24H,1,16-17,20H2,2-6H3/t24-/m0/s1. The van der Waals surface area contributed by atoms with E-state index in [1.807, 2.05) is 88.0 Å². The van der Waals surface area contributed by atoms with E-state index in [1.54, 1.807) is 15.7 Å². The maximum absolute atomic E-state index is 14.2. The van der Waals surface area contributed by atoms with Crippen molar-refractivity contribution >= 4 is 33.5 Å². The number of fused-ring (bicyclic) bond motifs is 2. The highest BCUT2D eigenvalue weighted by atomic mass is 16.2. The summed E-state index contributed by atoms with van der Waals surface area (Å²) >= 11 is 0. The second-order valence-corrected chi connectivity index (χ2v) is 11.9. The van der Waals surface area contributed by atoms with Gasteiger partial charge in [-0.15, -0.1) is 0 Å². The highest BCUT2D eigenvalue weighted by Gasteiger charge is 2.30. The molecule has 1 fully saturated rings. The Bertz CT molecular complexity index is 2100. The van der Waals surface area contributed by atoms with Gasteiger partial charge in [-0.2, -0.15) is 10.2 Å². The van der Waals surface area contributed by atoms with Gasteiger partial charge >= 0.3 is 5.69 Å². The number of hydrogen-bond donors (Lipinski definition) is 0. The molecule has 45 heavy (non-hydrogen) atoms. The van der Waals surface area contributed by atoms with Gasteiger partial charge in [0.1, 0.15) is 11.9 Å². The minimum atomic E-state index is -0.482. The zero-order chi connectivity index (χ0) is 32.0. The fourth-order valence-corrected chi connectivity index (χ4v) is 6.45. The van der Waals surface area contributed by atoms with Crippen LogP contribution in [0.4, 0.5) is 5.82 Å². The molecule has 1 atom stereocenters. The number of carbonyl (C=O) groups is 1. The van der Waals surface area contributed by atoms with Crippen molar-refractivity contribution in [2.24, 2.45) is 0 Å². The second kappa shape index (κ2) is 11.6. The van der Waals surface area contributed by atoms with Gasteiger partial charge in [0.25, 0.3) is 0 Å². The lowest BCUT2D eigenvalue weighted by Gasteiger charge is -2.40. The lowest BCUT2D eigenvalue weighted by atomic mass is 9.95. The molecule has 2 aromatic carbocycles. The normalized spacial score (nSPS) is 15.1. The molecule has 0 N–H and O–H groups in total. The highest BCUT2D eigenvalue weighted by Crippen LogP contribution is 2.36. The van der Waals surface area contributed by atoms with Gasteiger partial charge in [0.15, 0.2) is 5.65 Å². The van der Waals surface area contributed by atoms with E-state index in [2.05, 4.69) is 22.6 Å². The summed E-state index contributed by atoms with van der Waals surface area (Å²) in [5, 5.41) is 13.1. The smallest absolute Gasteiger partial charge is 0.350 e. The molecule has 1 aliphatic heterocycles. The predicted octanol–water partition coefficient (Wildman–Crippen LogP) is 5.83. The van der Waals surface area contributed by atoms with Crippen molar-refractivity contribution in [3.05, 3.63) is 100 Å². The van der Waals surface area contributed by atoms with E-state index < -0.39 is 5.69 Å². The molecule has 0 radical (unpaired) electrons. The molecule has 4 heterocycles. The molecule has 5 aromatic rings. The van der Waals surface area contributed by atoms with Gasteiger partial charge < -0.3 is 9.80 Å². The number of benzene rings is 2. The quantitative estimate of drug-likeness (QED) is 0.235. The summed E-state index contributed by atoms with van der Waals surface area (Å²) in [5.74, 6) is 0.337. The van der Waals surface area contributed by atoms with E-state index in [0.717, 1.165) is 33.2 Å². The molecule has 9 nitrogen and oxygen atoms in total. The molecule has 1 amide bonds. The average Bonchev–Trinajstić information content (AvgIpc) is 3.03. The lowest BCUT2D eigenvalue weighted by molar-refractivity contribution is -0.126. The Morgan fingerprint density at radius 3 is 2.53 bits per heavy atom. The monoisotopic (exact) mass is 597 g/mol. The molecule has 1 saturated heterocycles. The fraction of sp³-hybridized carbons (Fsp3) is 0.278. The van der Waals surface area contributed by atoms with Crippen LogP contribution < -0.4 is 10.6 Å². The fourth-order valence-electron chi connectivity index (χ4n) is 6.45. The predicted molar refractivity (Wildman–Crippen MR) is 178 cm³/mol. The average molecular weight is 598 g/mol. The zero-order valence-corrected chi connectivity index (χ0v) is 26.2.